The lowest BCUT2D eigenvalue weighted by Crippen LogP contribution is -2.24. The second kappa shape index (κ2) is 8.29. The molecule has 1 fully saturated rings. The molecule has 124 valence electrons. The molecule has 0 saturated carbocycles. The Kier molecular flexibility index (Phi) is 6.39. The molecule has 1 aliphatic heterocycles. The molecule has 0 aliphatic carbocycles. The van der Waals surface area contributed by atoms with Crippen LogP contribution in [0.3, 0.4) is 0 Å². The summed E-state index contributed by atoms with van der Waals surface area (Å²) in [6.07, 6.45) is 4.96. The number of nitrogens with zero attached hydrogens (tertiary/aromatic N) is 2. The van der Waals surface area contributed by atoms with E-state index >= 15 is 0 Å². The maximum absolute atomic E-state index is 12.0. The van der Waals surface area contributed by atoms with E-state index in [4.69, 9.17) is 9.47 Å². The summed E-state index contributed by atoms with van der Waals surface area (Å²) in [5.41, 5.74) is 0. The summed E-state index contributed by atoms with van der Waals surface area (Å²) in [5.74, 6) is 1.15. The van der Waals surface area contributed by atoms with Crippen molar-refractivity contribution in [1.29, 1.82) is 0 Å². The van der Waals surface area contributed by atoms with Crippen molar-refractivity contribution < 1.29 is 14.3 Å². The van der Waals surface area contributed by atoms with E-state index < -0.39 is 0 Å². The van der Waals surface area contributed by atoms with Gasteiger partial charge in [0.1, 0.15) is 12.4 Å². The average Bonchev–Trinajstić information content (AvgIpc) is 3.09. The summed E-state index contributed by atoms with van der Waals surface area (Å²) in [4.78, 5) is 12.0. The van der Waals surface area contributed by atoms with Gasteiger partial charge in [-0.25, -0.2) is 4.68 Å². The SMILES string of the molecule is CC(C)C[C@@H](C)n1nccc1NC(=O)COC[C@@H]1CCCO1. The van der Waals surface area contributed by atoms with Gasteiger partial charge in [0.25, 0.3) is 5.91 Å². The van der Waals surface area contributed by atoms with Gasteiger partial charge in [0.15, 0.2) is 0 Å². The number of rotatable bonds is 8. The third kappa shape index (κ3) is 5.10. The van der Waals surface area contributed by atoms with Gasteiger partial charge in [-0.15, -0.1) is 0 Å². The van der Waals surface area contributed by atoms with Crippen LogP contribution in [0.1, 0.15) is 46.1 Å². The fraction of sp³-hybridized carbons (Fsp3) is 0.750. The third-order valence-electron chi connectivity index (χ3n) is 3.73. The molecule has 2 atom stereocenters. The van der Waals surface area contributed by atoms with Crippen LogP contribution in [0.2, 0.25) is 0 Å². The van der Waals surface area contributed by atoms with Gasteiger partial charge in [-0.3, -0.25) is 4.79 Å². The summed E-state index contributed by atoms with van der Waals surface area (Å²) in [5, 5.41) is 7.17. The minimum absolute atomic E-state index is 0.0452. The predicted molar refractivity (Wildman–Crippen MR) is 84.8 cm³/mol. The van der Waals surface area contributed by atoms with E-state index in [1.807, 2.05) is 10.7 Å². The van der Waals surface area contributed by atoms with Crippen molar-refractivity contribution in [3.63, 3.8) is 0 Å². The van der Waals surface area contributed by atoms with Crippen LogP contribution >= 0.6 is 0 Å². The molecule has 0 bridgehead atoms. The molecule has 0 spiro atoms. The molecule has 0 aromatic carbocycles. The second-order valence-electron chi connectivity index (χ2n) is 6.34. The maximum Gasteiger partial charge on any atom is 0.251 e. The van der Waals surface area contributed by atoms with Crippen molar-refractivity contribution in [2.24, 2.45) is 5.92 Å². The Morgan fingerprint density at radius 3 is 3.05 bits per heavy atom. The van der Waals surface area contributed by atoms with Crippen molar-refractivity contribution in [2.45, 2.75) is 52.2 Å². The first-order valence-electron chi connectivity index (χ1n) is 8.09. The van der Waals surface area contributed by atoms with E-state index in [9.17, 15) is 4.79 Å². The Hall–Kier alpha value is -1.40. The number of ether oxygens (including phenoxy) is 2. The van der Waals surface area contributed by atoms with Gasteiger partial charge >= 0.3 is 0 Å². The summed E-state index contributed by atoms with van der Waals surface area (Å²) < 4.78 is 12.7. The topological polar surface area (TPSA) is 65.4 Å². The Bertz CT molecular complexity index is 467. The van der Waals surface area contributed by atoms with E-state index in [0.717, 1.165) is 31.7 Å². The first-order chi connectivity index (χ1) is 10.6. The fourth-order valence-electron chi connectivity index (χ4n) is 2.78. The molecule has 0 unspecified atom stereocenters. The molecule has 22 heavy (non-hydrogen) atoms. The Morgan fingerprint density at radius 2 is 2.36 bits per heavy atom. The molecule has 6 heteroatoms. The van der Waals surface area contributed by atoms with Crippen LogP contribution < -0.4 is 5.32 Å². The zero-order valence-electron chi connectivity index (χ0n) is 13.7. The minimum atomic E-state index is -0.156. The number of hydrogen-bond donors (Lipinski definition) is 1. The molecular weight excluding hydrogens is 282 g/mol. The van der Waals surface area contributed by atoms with Crippen molar-refractivity contribution >= 4 is 11.7 Å². The van der Waals surface area contributed by atoms with Crippen LogP contribution in [0.15, 0.2) is 12.3 Å². The highest BCUT2D eigenvalue weighted by atomic mass is 16.5. The molecule has 1 aromatic heterocycles. The van der Waals surface area contributed by atoms with E-state index in [1.54, 1.807) is 6.20 Å². The van der Waals surface area contributed by atoms with Gasteiger partial charge in [0.2, 0.25) is 0 Å². The van der Waals surface area contributed by atoms with Crippen molar-refractivity contribution in [2.75, 3.05) is 25.1 Å². The average molecular weight is 309 g/mol. The van der Waals surface area contributed by atoms with Gasteiger partial charge in [-0.2, -0.15) is 5.10 Å². The highest BCUT2D eigenvalue weighted by Gasteiger charge is 2.17. The van der Waals surface area contributed by atoms with Crippen LogP contribution in [-0.2, 0) is 14.3 Å². The summed E-state index contributed by atoms with van der Waals surface area (Å²) in [6, 6.07) is 2.06. The lowest BCUT2D eigenvalue weighted by Gasteiger charge is -2.18. The molecule has 6 nitrogen and oxygen atoms in total. The first-order valence-corrected chi connectivity index (χ1v) is 8.09. The summed E-state index contributed by atoms with van der Waals surface area (Å²) >= 11 is 0. The quantitative estimate of drug-likeness (QED) is 0.801. The lowest BCUT2D eigenvalue weighted by atomic mass is 10.1. The predicted octanol–water partition coefficient (Wildman–Crippen LogP) is 2.62. The molecule has 1 aliphatic rings. The van der Waals surface area contributed by atoms with Gasteiger partial charge in [0.05, 0.1) is 24.9 Å². The molecule has 1 aromatic rings. The van der Waals surface area contributed by atoms with Crippen molar-refractivity contribution in [1.82, 2.24) is 9.78 Å². The van der Waals surface area contributed by atoms with Crippen LogP contribution in [0.5, 0.6) is 0 Å². The van der Waals surface area contributed by atoms with E-state index in [0.29, 0.717) is 12.5 Å². The zero-order valence-corrected chi connectivity index (χ0v) is 13.7. The smallest absolute Gasteiger partial charge is 0.251 e. The highest BCUT2D eigenvalue weighted by molar-refractivity contribution is 5.90. The highest BCUT2D eigenvalue weighted by Crippen LogP contribution is 2.20. The Labute approximate surface area is 132 Å². The summed E-state index contributed by atoms with van der Waals surface area (Å²) in [7, 11) is 0. The maximum atomic E-state index is 12.0. The van der Waals surface area contributed by atoms with Gasteiger partial charge < -0.3 is 14.8 Å². The van der Waals surface area contributed by atoms with Crippen LogP contribution in [0.4, 0.5) is 5.82 Å². The molecular formula is C16H27N3O3. The second-order valence-corrected chi connectivity index (χ2v) is 6.34. The summed E-state index contributed by atoms with van der Waals surface area (Å²) in [6.45, 7) is 7.79. The monoisotopic (exact) mass is 309 g/mol. The van der Waals surface area contributed by atoms with Gasteiger partial charge in [-0.1, -0.05) is 13.8 Å². The molecule has 2 rings (SSSR count). The number of nitrogens with one attached hydrogen (secondary N) is 1. The molecule has 1 amide bonds. The van der Waals surface area contributed by atoms with E-state index in [-0.39, 0.29) is 24.7 Å². The molecule has 2 heterocycles. The first kappa shape index (κ1) is 17.0. The number of aromatic nitrogens is 2. The van der Waals surface area contributed by atoms with Crippen LogP contribution in [0, 0.1) is 5.92 Å². The van der Waals surface area contributed by atoms with Gasteiger partial charge in [0, 0.05) is 12.7 Å². The Balaban J connectivity index is 1.77. The largest absolute Gasteiger partial charge is 0.376 e. The standard InChI is InChI=1S/C16H27N3O3/c1-12(2)9-13(3)19-15(6-7-17-19)18-16(20)11-21-10-14-5-4-8-22-14/h6-7,12-14H,4-5,8-11H2,1-3H3,(H,18,20)/t13-,14+/m1/s1. The lowest BCUT2D eigenvalue weighted by molar-refractivity contribution is -0.121. The van der Waals surface area contributed by atoms with E-state index in [2.05, 4.69) is 31.2 Å². The number of anilines is 1. The number of carbonyl (C=O) groups is 1. The molecule has 0 radical (unpaired) electrons. The van der Waals surface area contributed by atoms with Crippen molar-refractivity contribution in [3.05, 3.63) is 12.3 Å². The van der Waals surface area contributed by atoms with Crippen LogP contribution in [-0.4, -0.2) is 41.6 Å². The molecule has 1 N–H and O–H groups in total. The number of hydrogen-bond acceptors (Lipinski definition) is 4. The number of carbonyl (C=O) groups excluding carboxylic acids is 1. The zero-order chi connectivity index (χ0) is 15.9. The Morgan fingerprint density at radius 1 is 1.55 bits per heavy atom. The fourth-order valence-corrected chi connectivity index (χ4v) is 2.78. The normalized spacial score (nSPS) is 19.5. The van der Waals surface area contributed by atoms with Crippen LogP contribution in [0.25, 0.3) is 0 Å². The minimum Gasteiger partial charge on any atom is -0.376 e. The van der Waals surface area contributed by atoms with Gasteiger partial charge in [-0.05, 0) is 32.1 Å². The third-order valence-corrected chi connectivity index (χ3v) is 3.73. The van der Waals surface area contributed by atoms with E-state index in [1.165, 1.54) is 0 Å². The van der Waals surface area contributed by atoms with Crippen molar-refractivity contribution in [3.8, 4) is 0 Å². The molecule has 1 saturated heterocycles. The number of amides is 1.